The zero-order valence-electron chi connectivity index (χ0n) is 11.4. The summed E-state index contributed by atoms with van der Waals surface area (Å²) in [6.45, 7) is 7.73. The first-order chi connectivity index (χ1) is 8.58. The molecular formula is C13H21NO4. The molecule has 0 bridgehead atoms. The van der Waals surface area contributed by atoms with Crippen LogP contribution in [0.4, 0.5) is 0 Å². The molecule has 0 saturated carbocycles. The van der Waals surface area contributed by atoms with Crippen molar-refractivity contribution in [3.63, 3.8) is 0 Å². The van der Waals surface area contributed by atoms with E-state index in [1.807, 2.05) is 13.8 Å². The number of ether oxygens (including phenoxy) is 2. The van der Waals surface area contributed by atoms with E-state index in [2.05, 4.69) is 10.1 Å². The lowest BCUT2D eigenvalue weighted by Gasteiger charge is -2.11. The van der Waals surface area contributed by atoms with Gasteiger partial charge in [-0.1, -0.05) is 0 Å². The molecule has 0 amide bonds. The number of carbonyl (C=O) groups excluding carboxylic acids is 1. The maximum atomic E-state index is 11.4. The number of aryl methyl sites for hydroxylation is 1. The Balaban J connectivity index is 2.46. The number of methoxy groups -OCH3 is 1. The van der Waals surface area contributed by atoms with Gasteiger partial charge in [-0.25, -0.2) is 4.79 Å². The van der Waals surface area contributed by atoms with Crippen LogP contribution in [0.25, 0.3) is 0 Å². The second kappa shape index (κ2) is 7.18. The van der Waals surface area contributed by atoms with Gasteiger partial charge in [-0.2, -0.15) is 0 Å². The van der Waals surface area contributed by atoms with Gasteiger partial charge in [0.15, 0.2) is 0 Å². The first kappa shape index (κ1) is 14.7. The molecular weight excluding hydrogens is 234 g/mol. The number of carbonyl (C=O) groups is 1. The molecule has 0 aliphatic rings. The third-order valence-corrected chi connectivity index (χ3v) is 2.56. The summed E-state index contributed by atoms with van der Waals surface area (Å²) < 4.78 is 15.5. The predicted molar refractivity (Wildman–Crippen MR) is 67.6 cm³/mol. The predicted octanol–water partition coefficient (Wildman–Crippen LogP) is 1.89. The minimum atomic E-state index is -0.370. The molecule has 1 rings (SSSR count). The van der Waals surface area contributed by atoms with Crippen molar-refractivity contribution in [3.8, 4) is 0 Å². The molecule has 0 spiro atoms. The number of rotatable bonds is 7. The van der Waals surface area contributed by atoms with Crippen molar-refractivity contribution in [1.82, 2.24) is 5.32 Å². The van der Waals surface area contributed by atoms with Gasteiger partial charge < -0.3 is 19.2 Å². The van der Waals surface area contributed by atoms with Crippen LogP contribution in [0.5, 0.6) is 0 Å². The lowest BCUT2D eigenvalue weighted by atomic mass is 10.2. The van der Waals surface area contributed by atoms with Gasteiger partial charge in [-0.05, 0) is 26.8 Å². The lowest BCUT2D eigenvalue weighted by molar-refractivity contribution is 0.0598. The third kappa shape index (κ3) is 4.16. The summed E-state index contributed by atoms with van der Waals surface area (Å²) in [6, 6.07) is 1.71. The molecule has 0 fully saturated rings. The SMILES string of the molecule is CCOC(C)CNCc1cc(C(=O)OC)c(C)o1. The Bertz CT molecular complexity index is 386. The fourth-order valence-electron chi connectivity index (χ4n) is 1.69. The number of esters is 1. The van der Waals surface area contributed by atoms with Crippen LogP contribution < -0.4 is 5.32 Å². The molecule has 102 valence electrons. The Morgan fingerprint density at radius 1 is 1.56 bits per heavy atom. The van der Waals surface area contributed by atoms with E-state index < -0.39 is 0 Å². The first-order valence-corrected chi connectivity index (χ1v) is 6.08. The van der Waals surface area contributed by atoms with Crippen LogP contribution >= 0.6 is 0 Å². The zero-order valence-corrected chi connectivity index (χ0v) is 11.4. The van der Waals surface area contributed by atoms with Crippen molar-refractivity contribution in [2.75, 3.05) is 20.3 Å². The normalized spacial score (nSPS) is 12.4. The number of nitrogens with one attached hydrogen (secondary N) is 1. The van der Waals surface area contributed by atoms with Crippen molar-refractivity contribution in [1.29, 1.82) is 0 Å². The van der Waals surface area contributed by atoms with E-state index in [-0.39, 0.29) is 12.1 Å². The summed E-state index contributed by atoms with van der Waals surface area (Å²) in [6.07, 6.45) is 0.158. The third-order valence-electron chi connectivity index (χ3n) is 2.56. The smallest absolute Gasteiger partial charge is 0.341 e. The molecule has 1 heterocycles. The molecule has 5 nitrogen and oxygen atoms in total. The highest BCUT2D eigenvalue weighted by atomic mass is 16.5. The molecule has 0 aromatic carbocycles. The topological polar surface area (TPSA) is 60.7 Å². The monoisotopic (exact) mass is 255 g/mol. The second-order valence-corrected chi connectivity index (χ2v) is 4.07. The van der Waals surface area contributed by atoms with Gasteiger partial charge in [0.25, 0.3) is 0 Å². The number of furan rings is 1. The second-order valence-electron chi connectivity index (χ2n) is 4.07. The minimum Gasteiger partial charge on any atom is -0.465 e. The van der Waals surface area contributed by atoms with Gasteiger partial charge in [-0.15, -0.1) is 0 Å². The van der Waals surface area contributed by atoms with Gasteiger partial charge in [0, 0.05) is 13.2 Å². The van der Waals surface area contributed by atoms with Crippen LogP contribution in [0, 0.1) is 6.92 Å². The fraction of sp³-hybridized carbons (Fsp3) is 0.615. The van der Waals surface area contributed by atoms with Crippen molar-refractivity contribution in [2.45, 2.75) is 33.4 Å². The zero-order chi connectivity index (χ0) is 13.5. The molecule has 1 N–H and O–H groups in total. The summed E-state index contributed by atoms with van der Waals surface area (Å²) >= 11 is 0. The van der Waals surface area contributed by atoms with Crippen LogP contribution in [0.15, 0.2) is 10.5 Å². The van der Waals surface area contributed by atoms with Crippen LogP contribution in [0.2, 0.25) is 0 Å². The van der Waals surface area contributed by atoms with Crippen molar-refractivity contribution >= 4 is 5.97 Å². The summed E-state index contributed by atoms with van der Waals surface area (Å²) in [7, 11) is 1.36. The van der Waals surface area contributed by atoms with E-state index in [9.17, 15) is 4.79 Å². The summed E-state index contributed by atoms with van der Waals surface area (Å²) in [5, 5.41) is 3.21. The van der Waals surface area contributed by atoms with E-state index in [0.717, 1.165) is 12.3 Å². The molecule has 18 heavy (non-hydrogen) atoms. The van der Waals surface area contributed by atoms with Crippen molar-refractivity contribution < 1.29 is 18.7 Å². The molecule has 1 atom stereocenters. The van der Waals surface area contributed by atoms with Gasteiger partial charge >= 0.3 is 5.97 Å². The van der Waals surface area contributed by atoms with Crippen LogP contribution in [0.3, 0.4) is 0 Å². The number of hydrogen-bond acceptors (Lipinski definition) is 5. The summed E-state index contributed by atoms with van der Waals surface area (Å²) in [5.41, 5.74) is 0.479. The van der Waals surface area contributed by atoms with Gasteiger partial charge in [0.05, 0.1) is 19.8 Å². The maximum absolute atomic E-state index is 11.4. The van der Waals surface area contributed by atoms with E-state index in [1.165, 1.54) is 7.11 Å². The highest BCUT2D eigenvalue weighted by Crippen LogP contribution is 2.15. The summed E-state index contributed by atoms with van der Waals surface area (Å²) in [5.74, 6) is 0.929. The molecule has 1 unspecified atom stereocenters. The molecule has 0 saturated heterocycles. The molecule has 1 aromatic heterocycles. The van der Waals surface area contributed by atoms with E-state index in [0.29, 0.717) is 24.5 Å². The molecule has 1 aromatic rings. The average Bonchev–Trinajstić information content (AvgIpc) is 2.70. The van der Waals surface area contributed by atoms with Crippen LogP contribution in [0.1, 0.15) is 35.7 Å². The molecule has 0 aliphatic heterocycles. The van der Waals surface area contributed by atoms with E-state index in [4.69, 9.17) is 9.15 Å². The average molecular weight is 255 g/mol. The van der Waals surface area contributed by atoms with Crippen molar-refractivity contribution in [2.24, 2.45) is 0 Å². The lowest BCUT2D eigenvalue weighted by Crippen LogP contribution is -2.26. The van der Waals surface area contributed by atoms with Crippen LogP contribution in [-0.4, -0.2) is 32.3 Å². The molecule has 0 radical (unpaired) electrons. The molecule has 5 heteroatoms. The largest absolute Gasteiger partial charge is 0.465 e. The van der Waals surface area contributed by atoms with Crippen molar-refractivity contribution in [3.05, 3.63) is 23.2 Å². The quantitative estimate of drug-likeness (QED) is 0.754. The Labute approximate surface area is 107 Å². The van der Waals surface area contributed by atoms with Gasteiger partial charge in [0.2, 0.25) is 0 Å². The van der Waals surface area contributed by atoms with Crippen LogP contribution in [-0.2, 0) is 16.0 Å². The highest BCUT2D eigenvalue weighted by molar-refractivity contribution is 5.90. The van der Waals surface area contributed by atoms with E-state index in [1.54, 1.807) is 13.0 Å². The summed E-state index contributed by atoms with van der Waals surface area (Å²) in [4.78, 5) is 11.4. The Hall–Kier alpha value is -1.33. The Morgan fingerprint density at radius 3 is 2.89 bits per heavy atom. The van der Waals surface area contributed by atoms with E-state index >= 15 is 0 Å². The van der Waals surface area contributed by atoms with Gasteiger partial charge in [0.1, 0.15) is 17.1 Å². The standard InChI is InChI=1S/C13H21NO4/c1-5-17-9(2)7-14-8-11-6-12(10(3)18-11)13(15)16-4/h6,9,14H,5,7-8H2,1-4H3. The Kier molecular flexibility index (Phi) is 5.88. The fourth-order valence-corrected chi connectivity index (χ4v) is 1.69. The Morgan fingerprint density at radius 2 is 2.28 bits per heavy atom. The van der Waals surface area contributed by atoms with Gasteiger partial charge in [-0.3, -0.25) is 0 Å². The first-order valence-electron chi connectivity index (χ1n) is 6.08. The maximum Gasteiger partial charge on any atom is 0.341 e. The molecule has 0 aliphatic carbocycles. The number of hydrogen-bond donors (Lipinski definition) is 1. The highest BCUT2D eigenvalue weighted by Gasteiger charge is 2.15. The minimum absolute atomic E-state index is 0.158.